The van der Waals surface area contributed by atoms with Crippen molar-refractivity contribution in [2.24, 2.45) is 5.41 Å². The molecular formula is C17H24BrNO3. The minimum absolute atomic E-state index is 0.0996. The summed E-state index contributed by atoms with van der Waals surface area (Å²) in [6.45, 7) is 10.0. The van der Waals surface area contributed by atoms with Crippen LogP contribution in [0.15, 0.2) is 28.7 Å². The van der Waals surface area contributed by atoms with Crippen molar-refractivity contribution in [3.8, 4) is 0 Å². The molecular weight excluding hydrogens is 346 g/mol. The molecule has 0 aromatic heterocycles. The molecule has 0 aliphatic heterocycles. The van der Waals surface area contributed by atoms with Crippen molar-refractivity contribution < 1.29 is 14.3 Å². The Bertz CT molecular complexity index is 547. The zero-order valence-corrected chi connectivity index (χ0v) is 15.4. The lowest BCUT2D eigenvalue weighted by molar-refractivity contribution is -0.126. The van der Waals surface area contributed by atoms with Crippen molar-refractivity contribution in [1.29, 1.82) is 0 Å². The number of carbonyl (C=O) groups is 2. The fraction of sp³-hybridized carbons (Fsp3) is 0.529. The summed E-state index contributed by atoms with van der Waals surface area (Å²) in [5.41, 5.74) is 0.154. The maximum absolute atomic E-state index is 12.0. The molecule has 0 fully saturated rings. The summed E-state index contributed by atoms with van der Waals surface area (Å²) in [4.78, 5) is 23.9. The molecule has 1 rings (SSSR count). The van der Waals surface area contributed by atoms with Crippen LogP contribution in [0.2, 0.25) is 0 Å². The van der Waals surface area contributed by atoms with Gasteiger partial charge in [0.05, 0.1) is 5.56 Å². The molecule has 1 aromatic carbocycles. The number of benzene rings is 1. The van der Waals surface area contributed by atoms with Gasteiger partial charge in [-0.3, -0.25) is 4.79 Å². The van der Waals surface area contributed by atoms with Crippen LogP contribution in [0.3, 0.4) is 0 Å². The van der Waals surface area contributed by atoms with Gasteiger partial charge in [0, 0.05) is 10.0 Å². The molecule has 4 nitrogen and oxygen atoms in total. The molecule has 0 saturated heterocycles. The van der Waals surface area contributed by atoms with Gasteiger partial charge in [0.1, 0.15) is 0 Å². The zero-order chi connectivity index (χ0) is 17.0. The lowest BCUT2D eigenvalue weighted by atomic mass is 9.82. The van der Waals surface area contributed by atoms with Gasteiger partial charge in [-0.05, 0) is 53.7 Å². The van der Waals surface area contributed by atoms with Crippen LogP contribution in [0, 0.1) is 5.41 Å². The fourth-order valence-electron chi connectivity index (χ4n) is 2.62. The lowest BCUT2D eigenvalue weighted by Crippen LogP contribution is -2.47. The Morgan fingerprint density at radius 3 is 2.27 bits per heavy atom. The third kappa shape index (κ3) is 6.60. The van der Waals surface area contributed by atoms with Crippen molar-refractivity contribution in [2.45, 2.75) is 46.6 Å². The van der Waals surface area contributed by atoms with Gasteiger partial charge < -0.3 is 10.1 Å². The molecule has 0 radical (unpaired) electrons. The number of esters is 1. The average Bonchev–Trinajstić information content (AvgIpc) is 2.32. The summed E-state index contributed by atoms with van der Waals surface area (Å²) >= 11 is 3.28. The number of nitrogens with one attached hydrogen (secondary N) is 1. The van der Waals surface area contributed by atoms with Gasteiger partial charge in [-0.15, -0.1) is 0 Å². The lowest BCUT2D eigenvalue weighted by Gasteiger charge is -2.33. The first-order valence-corrected chi connectivity index (χ1v) is 8.02. The number of ether oxygens (including phenoxy) is 1. The molecule has 1 amide bonds. The van der Waals surface area contributed by atoms with E-state index in [1.165, 1.54) is 0 Å². The van der Waals surface area contributed by atoms with Crippen LogP contribution in [0.5, 0.6) is 0 Å². The number of amides is 1. The van der Waals surface area contributed by atoms with E-state index in [0.29, 0.717) is 10.0 Å². The molecule has 0 spiro atoms. The second-order valence-electron chi connectivity index (χ2n) is 7.23. The number of rotatable bonds is 5. The van der Waals surface area contributed by atoms with E-state index in [1.54, 1.807) is 18.2 Å². The Kier molecular flexibility index (Phi) is 6.17. The van der Waals surface area contributed by atoms with E-state index in [9.17, 15) is 9.59 Å². The SMILES string of the molecule is CC(C)(C)CC(C)(C)NC(=O)COC(=O)c1ccccc1Br. The molecule has 122 valence electrons. The topological polar surface area (TPSA) is 55.4 Å². The zero-order valence-electron chi connectivity index (χ0n) is 13.8. The summed E-state index contributed by atoms with van der Waals surface area (Å²) in [5.74, 6) is -0.814. The quantitative estimate of drug-likeness (QED) is 0.799. The predicted molar refractivity (Wildman–Crippen MR) is 90.7 cm³/mol. The van der Waals surface area contributed by atoms with E-state index in [4.69, 9.17) is 4.74 Å². The van der Waals surface area contributed by atoms with Crippen LogP contribution in [-0.4, -0.2) is 24.0 Å². The molecule has 5 heteroatoms. The molecule has 0 bridgehead atoms. The summed E-state index contributed by atoms with van der Waals surface area (Å²) in [6.07, 6.45) is 0.823. The number of hydrogen-bond donors (Lipinski definition) is 1. The van der Waals surface area contributed by atoms with Crippen LogP contribution >= 0.6 is 15.9 Å². The molecule has 0 unspecified atom stereocenters. The van der Waals surface area contributed by atoms with E-state index < -0.39 is 5.97 Å². The van der Waals surface area contributed by atoms with Gasteiger partial charge in [-0.25, -0.2) is 4.79 Å². The maximum atomic E-state index is 12.0. The van der Waals surface area contributed by atoms with E-state index in [0.717, 1.165) is 6.42 Å². The van der Waals surface area contributed by atoms with Gasteiger partial charge in [0.25, 0.3) is 5.91 Å². The van der Waals surface area contributed by atoms with Crippen molar-refractivity contribution in [3.63, 3.8) is 0 Å². The second-order valence-corrected chi connectivity index (χ2v) is 8.08. The summed E-state index contributed by atoms with van der Waals surface area (Å²) in [6, 6.07) is 6.95. The molecule has 0 aliphatic rings. The maximum Gasteiger partial charge on any atom is 0.339 e. The van der Waals surface area contributed by atoms with Gasteiger partial charge in [-0.1, -0.05) is 32.9 Å². The van der Waals surface area contributed by atoms with Crippen molar-refractivity contribution in [1.82, 2.24) is 5.32 Å². The molecule has 1 aromatic rings. The number of carbonyl (C=O) groups excluding carboxylic acids is 2. The number of halogens is 1. The molecule has 1 N–H and O–H groups in total. The monoisotopic (exact) mass is 369 g/mol. The fourth-order valence-corrected chi connectivity index (χ4v) is 3.07. The van der Waals surface area contributed by atoms with Crippen LogP contribution < -0.4 is 5.32 Å². The molecule has 22 heavy (non-hydrogen) atoms. The third-order valence-corrected chi connectivity index (χ3v) is 3.57. The Balaban J connectivity index is 2.53. The van der Waals surface area contributed by atoms with Crippen LogP contribution in [0.4, 0.5) is 0 Å². The van der Waals surface area contributed by atoms with E-state index in [2.05, 4.69) is 42.0 Å². The van der Waals surface area contributed by atoms with Crippen molar-refractivity contribution in [2.75, 3.05) is 6.61 Å². The van der Waals surface area contributed by atoms with Crippen molar-refractivity contribution >= 4 is 27.8 Å². The van der Waals surface area contributed by atoms with Crippen LogP contribution in [0.1, 0.15) is 51.4 Å². The van der Waals surface area contributed by atoms with Crippen molar-refractivity contribution in [3.05, 3.63) is 34.3 Å². The summed E-state index contributed by atoms with van der Waals surface area (Å²) in [7, 11) is 0. The first-order chi connectivity index (χ1) is 10.0. The second kappa shape index (κ2) is 7.27. The summed E-state index contributed by atoms with van der Waals surface area (Å²) in [5, 5.41) is 2.91. The predicted octanol–water partition coefficient (Wildman–Crippen LogP) is 3.94. The van der Waals surface area contributed by atoms with Gasteiger partial charge in [-0.2, -0.15) is 0 Å². The van der Waals surface area contributed by atoms with Crippen LogP contribution in [-0.2, 0) is 9.53 Å². The molecule has 0 heterocycles. The van der Waals surface area contributed by atoms with E-state index >= 15 is 0 Å². The van der Waals surface area contributed by atoms with Gasteiger partial charge in [0.15, 0.2) is 6.61 Å². The standard InChI is InChI=1S/C17H24BrNO3/c1-16(2,3)11-17(4,5)19-14(20)10-22-15(21)12-8-6-7-9-13(12)18/h6-9H,10-11H2,1-5H3,(H,19,20). The van der Waals surface area contributed by atoms with Gasteiger partial charge >= 0.3 is 5.97 Å². The Morgan fingerprint density at radius 1 is 1.14 bits per heavy atom. The van der Waals surface area contributed by atoms with E-state index in [1.807, 2.05) is 19.9 Å². The Morgan fingerprint density at radius 2 is 1.73 bits per heavy atom. The number of hydrogen-bond acceptors (Lipinski definition) is 3. The highest BCUT2D eigenvalue weighted by atomic mass is 79.9. The normalized spacial score (nSPS) is 11.9. The molecule has 0 atom stereocenters. The Hall–Kier alpha value is -1.36. The first kappa shape index (κ1) is 18.7. The Labute approximate surface area is 140 Å². The summed E-state index contributed by atoms with van der Waals surface area (Å²) < 4.78 is 5.71. The van der Waals surface area contributed by atoms with Crippen LogP contribution in [0.25, 0.3) is 0 Å². The highest BCUT2D eigenvalue weighted by molar-refractivity contribution is 9.10. The highest BCUT2D eigenvalue weighted by Gasteiger charge is 2.27. The third-order valence-electron chi connectivity index (χ3n) is 2.88. The minimum Gasteiger partial charge on any atom is -0.452 e. The minimum atomic E-state index is -0.517. The largest absolute Gasteiger partial charge is 0.452 e. The highest BCUT2D eigenvalue weighted by Crippen LogP contribution is 2.26. The smallest absolute Gasteiger partial charge is 0.339 e. The first-order valence-electron chi connectivity index (χ1n) is 7.23. The average molecular weight is 370 g/mol. The molecule has 0 saturated carbocycles. The van der Waals surface area contributed by atoms with E-state index in [-0.39, 0.29) is 23.5 Å². The molecule has 0 aliphatic carbocycles. The van der Waals surface area contributed by atoms with Gasteiger partial charge in [0.2, 0.25) is 0 Å².